The fourth-order valence-electron chi connectivity index (χ4n) is 3.39. The Bertz CT molecular complexity index is 1120. The quantitative estimate of drug-likeness (QED) is 0.225. The number of alkyl carbamates (subject to hydrolysis) is 2. The number of carbonyl (C=O) groups is 3. The van der Waals surface area contributed by atoms with Gasteiger partial charge in [0.05, 0.1) is 0 Å². The molecule has 0 bridgehead atoms. The predicted octanol–water partition coefficient (Wildman–Crippen LogP) is 6.01. The van der Waals surface area contributed by atoms with Gasteiger partial charge in [-0.1, -0.05) is 78.4 Å². The number of unbranched alkanes of at least 4 members (excludes halogenated alkanes) is 1. The van der Waals surface area contributed by atoms with E-state index in [4.69, 9.17) is 9.47 Å². The molecular formula is C29H32N2O5S. The lowest BCUT2D eigenvalue weighted by molar-refractivity contribution is -0.112. The number of rotatable bonds is 12. The third-order valence-corrected chi connectivity index (χ3v) is 6.42. The molecule has 3 rings (SSSR count). The number of amides is 2. The van der Waals surface area contributed by atoms with Crippen LogP contribution in [0.4, 0.5) is 9.59 Å². The molecule has 2 amide bonds. The third-order valence-electron chi connectivity index (χ3n) is 5.43. The van der Waals surface area contributed by atoms with Crippen molar-refractivity contribution in [2.75, 3.05) is 6.54 Å². The molecule has 3 aromatic carbocycles. The molecule has 8 heteroatoms. The summed E-state index contributed by atoms with van der Waals surface area (Å²) in [5.74, 6) is 0. The van der Waals surface area contributed by atoms with Gasteiger partial charge in [0.15, 0.2) is 0 Å². The van der Waals surface area contributed by atoms with Crippen molar-refractivity contribution in [3.63, 3.8) is 0 Å². The summed E-state index contributed by atoms with van der Waals surface area (Å²) >= 11 is 1.09. The van der Waals surface area contributed by atoms with Crippen molar-refractivity contribution in [3.05, 3.63) is 102 Å². The van der Waals surface area contributed by atoms with Crippen molar-refractivity contribution in [2.24, 2.45) is 0 Å². The van der Waals surface area contributed by atoms with Gasteiger partial charge in [0, 0.05) is 11.4 Å². The fraction of sp³-hybridized carbons (Fsp3) is 0.276. The van der Waals surface area contributed by atoms with Gasteiger partial charge in [0.1, 0.15) is 19.3 Å². The number of thioether (sulfide) groups is 1. The Hall–Kier alpha value is -3.78. The largest absolute Gasteiger partial charge is 0.445 e. The van der Waals surface area contributed by atoms with E-state index in [2.05, 4.69) is 10.6 Å². The highest BCUT2D eigenvalue weighted by molar-refractivity contribution is 8.13. The number of aryl methyl sites for hydroxylation is 1. The van der Waals surface area contributed by atoms with Crippen LogP contribution in [0.5, 0.6) is 0 Å². The van der Waals surface area contributed by atoms with Crippen molar-refractivity contribution in [3.8, 4) is 0 Å². The average molecular weight is 521 g/mol. The molecule has 0 saturated carbocycles. The molecule has 0 radical (unpaired) electrons. The summed E-state index contributed by atoms with van der Waals surface area (Å²) in [6.07, 6.45) is 0.519. The first-order valence-electron chi connectivity index (χ1n) is 12.2. The maximum atomic E-state index is 13.0. The summed E-state index contributed by atoms with van der Waals surface area (Å²) in [5.41, 5.74) is 2.88. The molecular weight excluding hydrogens is 488 g/mol. The van der Waals surface area contributed by atoms with E-state index < -0.39 is 18.2 Å². The Kier molecular flexibility index (Phi) is 11.5. The van der Waals surface area contributed by atoms with Crippen molar-refractivity contribution in [1.29, 1.82) is 0 Å². The normalized spacial score (nSPS) is 11.3. The highest BCUT2D eigenvalue weighted by Crippen LogP contribution is 2.22. The number of carbonyl (C=O) groups excluding carboxylic acids is 3. The van der Waals surface area contributed by atoms with Gasteiger partial charge in [-0.25, -0.2) is 9.59 Å². The molecule has 1 atom stereocenters. The van der Waals surface area contributed by atoms with E-state index in [-0.39, 0.29) is 18.3 Å². The zero-order chi connectivity index (χ0) is 26.3. The van der Waals surface area contributed by atoms with Crippen LogP contribution in [0, 0.1) is 6.92 Å². The Morgan fingerprint density at radius 2 is 1.32 bits per heavy atom. The zero-order valence-corrected chi connectivity index (χ0v) is 21.7. The van der Waals surface area contributed by atoms with E-state index in [1.165, 1.54) is 0 Å². The van der Waals surface area contributed by atoms with Crippen LogP contribution in [0.1, 0.15) is 36.0 Å². The van der Waals surface area contributed by atoms with E-state index in [1.54, 1.807) is 0 Å². The molecule has 37 heavy (non-hydrogen) atoms. The minimum absolute atomic E-state index is 0.119. The van der Waals surface area contributed by atoms with Crippen molar-refractivity contribution >= 4 is 29.1 Å². The second-order valence-corrected chi connectivity index (χ2v) is 9.55. The van der Waals surface area contributed by atoms with Crippen LogP contribution >= 0.6 is 11.8 Å². The highest BCUT2D eigenvalue weighted by atomic mass is 32.2. The van der Waals surface area contributed by atoms with Gasteiger partial charge in [-0.15, -0.1) is 0 Å². The SMILES string of the molecule is Cc1ccc(SC(=O)[C@H](CCCCNC(=O)OCc2ccccc2)NC(=O)OCc2ccccc2)cc1. The van der Waals surface area contributed by atoms with Gasteiger partial charge in [-0.2, -0.15) is 0 Å². The standard InChI is InChI=1S/C29H32N2O5S/c1-22-15-17-25(18-16-22)37-27(32)26(31-29(34)36-21-24-12-6-3-7-13-24)14-8-9-19-30-28(33)35-20-23-10-4-2-5-11-23/h2-7,10-13,15-18,26H,8-9,14,19-21H2,1H3,(H,30,33)(H,31,34)/t26-/m0/s1. The molecule has 0 unspecified atom stereocenters. The maximum Gasteiger partial charge on any atom is 0.408 e. The van der Waals surface area contributed by atoms with E-state index in [0.29, 0.717) is 25.8 Å². The summed E-state index contributed by atoms with van der Waals surface area (Å²) < 4.78 is 10.5. The number of ether oxygens (including phenoxy) is 2. The van der Waals surface area contributed by atoms with Crippen molar-refractivity contribution < 1.29 is 23.9 Å². The minimum atomic E-state index is -0.723. The Morgan fingerprint density at radius 3 is 1.92 bits per heavy atom. The van der Waals surface area contributed by atoms with Gasteiger partial charge in [0.2, 0.25) is 5.12 Å². The molecule has 7 nitrogen and oxygen atoms in total. The Morgan fingerprint density at radius 1 is 0.757 bits per heavy atom. The summed E-state index contributed by atoms with van der Waals surface area (Å²) in [5, 5.41) is 5.26. The molecule has 0 spiro atoms. The summed E-state index contributed by atoms with van der Waals surface area (Å²) in [6.45, 7) is 2.70. The molecule has 0 heterocycles. The molecule has 0 aromatic heterocycles. The summed E-state index contributed by atoms with van der Waals surface area (Å²) in [4.78, 5) is 38.2. The number of benzene rings is 3. The molecule has 0 aliphatic carbocycles. The Labute approximate surface area is 221 Å². The second-order valence-electron chi connectivity index (χ2n) is 8.48. The van der Waals surface area contributed by atoms with Gasteiger partial charge in [-0.05, 0) is 61.2 Å². The third kappa shape index (κ3) is 10.8. The van der Waals surface area contributed by atoms with Crippen LogP contribution in [-0.2, 0) is 27.5 Å². The van der Waals surface area contributed by atoms with E-state index in [0.717, 1.165) is 33.3 Å². The minimum Gasteiger partial charge on any atom is -0.445 e. The monoisotopic (exact) mass is 520 g/mol. The van der Waals surface area contributed by atoms with Crippen LogP contribution in [0.25, 0.3) is 0 Å². The number of hydrogen-bond donors (Lipinski definition) is 2. The topological polar surface area (TPSA) is 93.7 Å². The highest BCUT2D eigenvalue weighted by Gasteiger charge is 2.22. The molecule has 0 aliphatic heterocycles. The van der Waals surface area contributed by atoms with E-state index >= 15 is 0 Å². The van der Waals surface area contributed by atoms with Crippen LogP contribution in [-0.4, -0.2) is 29.9 Å². The summed E-state index contributed by atoms with van der Waals surface area (Å²) in [6, 6.07) is 25.7. The van der Waals surface area contributed by atoms with Gasteiger partial charge < -0.3 is 20.1 Å². The molecule has 2 N–H and O–H groups in total. The first-order valence-corrected chi connectivity index (χ1v) is 13.0. The van der Waals surface area contributed by atoms with Gasteiger partial charge in [-0.3, -0.25) is 4.79 Å². The maximum absolute atomic E-state index is 13.0. The van der Waals surface area contributed by atoms with Gasteiger partial charge >= 0.3 is 12.2 Å². The van der Waals surface area contributed by atoms with E-state index in [9.17, 15) is 14.4 Å². The lowest BCUT2D eigenvalue weighted by Crippen LogP contribution is -2.40. The lowest BCUT2D eigenvalue weighted by Gasteiger charge is -2.17. The summed E-state index contributed by atoms with van der Waals surface area (Å²) in [7, 11) is 0. The number of hydrogen-bond acceptors (Lipinski definition) is 6. The van der Waals surface area contributed by atoms with E-state index in [1.807, 2.05) is 91.9 Å². The fourth-order valence-corrected chi connectivity index (χ4v) is 4.21. The number of nitrogens with one attached hydrogen (secondary N) is 2. The smallest absolute Gasteiger partial charge is 0.408 e. The molecule has 194 valence electrons. The van der Waals surface area contributed by atoms with Crippen molar-refractivity contribution in [2.45, 2.75) is 50.3 Å². The first-order chi connectivity index (χ1) is 18.0. The second kappa shape index (κ2) is 15.4. The molecule has 0 saturated heterocycles. The van der Waals surface area contributed by atoms with Crippen LogP contribution in [0.2, 0.25) is 0 Å². The zero-order valence-electron chi connectivity index (χ0n) is 20.9. The Balaban J connectivity index is 1.45. The predicted molar refractivity (Wildman–Crippen MR) is 144 cm³/mol. The lowest BCUT2D eigenvalue weighted by atomic mass is 10.1. The van der Waals surface area contributed by atoms with Crippen LogP contribution in [0.3, 0.4) is 0 Å². The molecule has 0 fully saturated rings. The van der Waals surface area contributed by atoms with Crippen LogP contribution in [0.15, 0.2) is 89.8 Å². The molecule has 3 aromatic rings. The first kappa shape index (κ1) is 27.8. The van der Waals surface area contributed by atoms with Crippen molar-refractivity contribution in [1.82, 2.24) is 10.6 Å². The molecule has 0 aliphatic rings. The van der Waals surface area contributed by atoms with Crippen LogP contribution < -0.4 is 10.6 Å². The van der Waals surface area contributed by atoms with Gasteiger partial charge in [0.25, 0.3) is 0 Å². The average Bonchev–Trinajstić information content (AvgIpc) is 2.92.